The number of hydrogen-bond donors (Lipinski definition) is 2. The minimum atomic E-state index is -0.0324. The molecular weight excluding hydrogens is 326 g/mol. The normalized spacial score (nSPS) is 12.1. The van der Waals surface area contributed by atoms with Crippen molar-refractivity contribution in [2.75, 3.05) is 0 Å². The standard InChI is InChI=1S/C20H15N5O/c26-20-18(15-10-4-5-11-16(15)23-20)24-25-19(17-12-6-7-13-21-17)22-14-8-2-1-3-9-14/h1-13,23,26H. The van der Waals surface area contributed by atoms with Crippen molar-refractivity contribution in [2.24, 2.45) is 15.2 Å². The first-order valence-corrected chi connectivity index (χ1v) is 8.08. The van der Waals surface area contributed by atoms with Gasteiger partial charge in [-0.15, -0.1) is 10.2 Å². The fourth-order valence-electron chi connectivity index (χ4n) is 2.56. The van der Waals surface area contributed by atoms with Crippen LogP contribution in [0.2, 0.25) is 0 Å². The molecule has 0 radical (unpaired) electrons. The lowest BCUT2D eigenvalue weighted by Crippen LogP contribution is -1.98. The van der Waals surface area contributed by atoms with E-state index in [0.29, 0.717) is 17.2 Å². The van der Waals surface area contributed by atoms with Gasteiger partial charge in [0.05, 0.1) is 11.2 Å². The average molecular weight is 341 g/mol. The molecule has 0 spiro atoms. The summed E-state index contributed by atoms with van der Waals surface area (Å²) in [6.07, 6.45) is 1.68. The van der Waals surface area contributed by atoms with E-state index in [1.807, 2.05) is 72.8 Å². The van der Waals surface area contributed by atoms with Crippen LogP contribution in [0.3, 0.4) is 0 Å². The molecule has 126 valence electrons. The second-order valence-corrected chi connectivity index (χ2v) is 5.55. The first-order chi connectivity index (χ1) is 12.8. The van der Waals surface area contributed by atoms with Gasteiger partial charge in [0.1, 0.15) is 5.69 Å². The van der Waals surface area contributed by atoms with Crippen molar-refractivity contribution in [1.29, 1.82) is 0 Å². The van der Waals surface area contributed by atoms with Crippen LogP contribution >= 0.6 is 0 Å². The zero-order chi connectivity index (χ0) is 17.8. The Hall–Kier alpha value is -3.80. The van der Waals surface area contributed by atoms with Crippen molar-refractivity contribution in [3.8, 4) is 5.88 Å². The van der Waals surface area contributed by atoms with Gasteiger partial charge in [0.2, 0.25) is 11.7 Å². The summed E-state index contributed by atoms with van der Waals surface area (Å²) in [6.45, 7) is 0. The van der Waals surface area contributed by atoms with Crippen LogP contribution in [0.15, 0.2) is 94.2 Å². The van der Waals surface area contributed by atoms with E-state index in [1.165, 1.54) is 0 Å². The third kappa shape index (κ3) is 3.21. The molecule has 0 aliphatic rings. The minimum absolute atomic E-state index is 0.0324. The number of azo groups is 1. The SMILES string of the molecule is Oc1[nH]c2ccccc2c1N=NC(=Nc1ccccc1)c1ccccn1. The predicted octanol–water partition coefficient (Wildman–Crippen LogP) is 5.13. The second-order valence-electron chi connectivity index (χ2n) is 5.55. The van der Waals surface area contributed by atoms with E-state index in [4.69, 9.17) is 0 Å². The molecule has 0 aliphatic carbocycles. The number of fused-ring (bicyclic) bond motifs is 1. The number of para-hydroxylation sites is 2. The molecule has 4 aromatic rings. The number of amidine groups is 1. The van der Waals surface area contributed by atoms with E-state index in [0.717, 1.165) is 16.6 Å². The highest BCUT2D eigenvalue weighted by atomic mass is 16.3. The Morgan fingerprint density at radius 3 is 2.46 bits per heavy atom. The van der Waals surface area contributed by atoms with Gasteiger partial charge in [-0.25, -0.2) is 4.99 Å². The maximum atomic E-state index is 10.1. The number of benzene rings is 2. The highest BCUT2D eigenvalue weighted by Crippen LogP contribution is 2.35. The van der Waals surface area contributed by atoms with Crippen molar-refractivity contribution in [2.45, 2.75) is 0 Å². The van der Waals surface area contributed by atoms with Gasteiger partial charge in [0, 0.05) is 11.6 Å². The maximum absolute atomic E-state index is 10.1. The number of pyridine rings is 1. The quantitative estimate of drug-likeness (QED) is 0.307. The maximum Gasteiger partial charge on any atom is 0.218 e. The number of rotatable bonds is 3. The molecule has 0 bridgehead atoms. The van der Waals surface area contributed by atoms with Crippen LogP contribution in [0.5, 0.6) is 5.88 Å². The van der Waals surface area contributed by atoms with E-state index in [-0.39, 0.29) is 5.88 Å². The summed E-state index contributed by atoms with van der Waals surface area (Å²) in [5.41, 5.74) is 2.50. The van der Waals surface area contributed by atoms with E-state index in [1.54, 1.807) is 6.20 Å². The monoisotopic (exact) mass is 341 g/mol. The molecular formula is C20H15N5O. The summed E-state index contributed by atoms with van der Waals surface area (Å²) in [7, 11) is 0. The Labute approximate surface area is 149 Å². The van der Waals surface area contributed by atoms with Gasteiger partial charge in [0.15, 0.2) is 5.69 Å². The number of nitrogens with one attached hydrogen (secondary N) is 1. The number of aromatic nitrogens is 2. The number of aliphatic imine (C=N–C) groups is 1. The molecule has 2 heterocycles. The fraction of sp³-hybridized carbons (Fsp3) is 0. The predicted molar refractivity (Wildman–Crippen MR) is 101 cm³/mol. The van der Waals surface area contributed by atoms with E-state index in [9.17, 15) is 5.11 Å². The summed E-state index contributed by atoms with van der Waals surface area (Å²) < 4.78 is 0. The molecule has 0 atom stereocenters. The lowest BCUT2D eigenvalue weighted by molar-refractivity contribution is 0.459. The van der Waals surface area contributed by atoms with E-state index >= 15 is 0 Å². The van der Waals surface area contributed by atoms with Crippen LogP contribution in [0.4, 0.5) is 11.4 Å². The van der Waals surface area contributed by atoms with Crippen molar-refractivity contribution in [3.05, 3.63) is 84.7 Å². The highest BCUT2D eigenvalue weighted by Gasteiger charge is 2.11. The Morgan fingerprint density at radius 1 is 0.885 bits per heavy atom. The highest BCUT2D eigenvalue weighted by molar-refractivity contribution is 6.00. The molecule has 26 heavy (non-hydrogen) atoms. The molecule has 0 saturated carbocycles. The minimum Gasteiger partial charge on any atom is -0.493 e. The van der Waals surface area contributed by atoms with E-state index in [2.05, 4.69) is 25.2 Å². The second kappa shape index (κ2) is 6.98. The zero-order valence-corrected chi connectivity index (χ0v) is 13.7. The molecule has 0 aliphatic heterocycles. The van der Waals surface area contributed by atoms with Gasteiger partial charge in [-0.05, 0) is 30.3 Å². The first kappa shape index (κ1) is 15.7. The van der Waals surface area contributed by atoms with Gasteiger partial charge >= 0.3 is 0 Å². The zero-order valence-electron chi connectivity index (χ0n) is 13.7. The number of nitrogens with zero attached hydrogens (tertiary/aromatic N) is 4. The lowest BCUT2D eigenvalue weighted by Gasteiger charge is -2.00. The summed E-state index contributed by atoms with van der Waals surface area (Å²) in [6, 6.07) is 22.5. The van der Waals surface area contributed by atoms with Gasteiger partial charge in [-0.1, -0.05) is 42.5 Å². The molecule has 0 amide bonds. The number of aromatic hydroxyl groups is 1. The van der Waals surface area contributed by atoms with Crippen LogP contribution < -0.4 is 0 Å². The summed E-state index contributed by atoms with van der Waals surface area (Å²) in [4.78, 5) is 11.7. The van der Waals surface area contributed by atoms with Crippen molar-refractivity contribution < 1.29 is 5.11 Å². The van der Waals surface area contributed by atoms with Crippen molar-refractivity contribution in [3.63, 3.8) is 0 Å². The molecule has 2 aromatic heterocycles. The number of aromatic amines is 1. The van der Waals surface area contributed by atoms with Crippen molar-refractivity contribution >= 4 is 28.1 Å². The Morgan fingerprint density at radius 2 is 1.65 bits per heavy atom. The molecule has 6 heteroatoms. The summed E-state index contributed by atoms with van der Waals surface area (Å²) >= 11 is 0. The van der Waals surface area contributed by atoms with Gasteiger partial charge in [-0.2, -0.15) is 0 Å². The van der Waals surface area contributed by atoms with Crippen LogP contribution in [-0.2, 0) is 0 Å². The topological polar surface area (TPSA) is 86.0 Å². The van der Waals surface area contributed by atoms with Crippen LogP contribution in [0.25, 0.3) is 10.9 Å². The molecule has 0 unspecified atom stereocenters. The Balaban J connectivity index is 1.79. The summed E-state index contributed by atoms with van der Waals surface area (Å²) in [5, 5.41) is 19.4. The smallest absolute Gasteiger partial charge is 0.218 e. The molecule has 4 rings (SSSR count). The number of hydrogen-bond acceptors (Lipinski definition) is 4. The third-order valence-electron chi connectivity index (χ3n) is 3.79. The largest absolute Gasteiger partial charge is 0.493 e. The number of H-pyrrole nitrogens is 1. The Bertz CT molecular complexity index is 1090. The van der Waals surface area contributed by atoms with Gasteiger partial charge in [0.25, 0.3) is 0 Å². The van der Waals surface area contributed by atoms with Gasteiger partial charge in [-0.3, -0.25) is 4.98 Å². The molecule has 6 nitrogen and oxygen atoms in total. The molecule has 2 N–H and O–H groups in total. The van der Waals surface area contributed by atoms with E-state index < -0.39 is 0 Å². The van der Waals surface area contributed by atoms with Crippen molar-refractivity contribution in [1.82, 2.24) is 9.97 Å². The first-order valence-electron chi connectivity index (χ1n) is 8.08. The lowest BCUT2D eigenvalue weighted by atomic mass is 10.2. The van der Waals surface area contributed by atoms with Crippen LogP contribution in [0.1, 0.15) is 5.69 Å². The average Bonchev–Trinajstić information content (AvgIpc) is 3.02. The third-order valence-corrected chi connectivity index (χ3v) is 3.79. The van der Waals surface area contributed by atoms with Crippen LogP contribution in [-0.4, -0.2) is 20.9 Å². The van der Waals surface area contributed by atoms with Crippen LogP contribution in [0, 0.1) is 0 Å². The molecule has 2 aromatic carbocycles. The fourth-order valence-corrected chi connectivity index (χ4v) is 2.56. The molecule has 0 fully saturated rings. The Kier molecular flexibility index (Phi) is 4.22. The summed E-state index contributed by atoms with van der Waals surface area (Å²) in [5.74, 6) is 0.330. The molecule has 0 saturated heterocycles. The van der Waals surface area contributed by atoms with Gasteiger partial charge < -0.3 is 10.1 Å².